The molecule has 0 aliphatic heterocycles. The van der Waals surface area contributed by atoms with E-state index < -0.39 is 0 Å². The van der Waals surface area contributed by atoms with E-state index in [4.69, 9.17) is 10.00 Å². The molecule has 2 aromatic rings. The number of amides is 1. The van der Waals surface area contributed by atoms with Crippen LogP contribution in [0.25, 0.3) is 0 Å². The Hall–Kier alpha value is -2.94. The van der Waals surface area contributed by atoms with Gasteiger partial charge in [-0.2, -0.15) is 15.5 Å². The lowest BCUT2D eigenvalue weighted by molar-refractivity contribution is 0.102. The van der Waals surface area contributed by atoms with Crippen molar-refractivity contribution < 1.29 is 9.53 Å². The van der Waals surface area contributed by atoms with Crippen LogP contribution < -0.4 is 10.1 Å². The van der Waals surface area contributed by atoms with E-state index in [2.05, 4.69) is 15.5 Å². The van der Waals surface area contributed by atoms with Gasteiger partial charge in [-0.1, -0.05) is 0 Å². The number of aromatic nitrogens is 2. The minimum absolute atomic E-state index is 0.298. The van der Waals surface area contributed by atoms with Gasteiger partial charge in [-0.3, -0.25) is 4.79 Å². The van der Waals surface area contributed by atoms with Crippen LogP contribution in [0.4, 0.5) is 5.69 Å². The van der Waals surface area contributed by atoms with E-state index in [0.29, 0.717) is 34.0 Å². The number of anilines is 1. The number of carbonyl (C=O) groups excluding carboxylic acids is 1. The zero-order valence-corrected chi connectivity index (χ0v) is 12.0. The van der Waals surface area contributed by atoms with E-state index in [9.17, 15) is 4.79 Å². The Morgan fingerprint density at radius 1 is 1.29 bits per heavy atom. The molecule has 0 atom stereocenters. The lowest BCUT2D eigenvalue weighted by Gasteiger charge is -2.11. The van der Waals surface area contributed by atoms with Crippen molar-refractivity contribution in [2.24, 2.45) is 0 Å². The van der Waals surface area contributed by atoms with Gasteiger partial charge in [0.1, 0.15) is 5.75 Å². The third-order valence-electron chi connectivity index (χ3n) is 2.92. The molecule has 0 aliphatic rings. The van der Waals surface area contributed by atoms with E-state index in [1.807, 2.05) is 6.07 Å². The molecular formula is C15H14N4O2. The minimum atomic E-state index is -0.298. The van der Waals surface area contributed by atoms with Gasteiger partial charge in [0.05, 0.1) is 41.4 Å². The molecule has 1 aromatic heterocycles. The van der Waals surface area contributed by atoms with Gasteiger partial charge < -0.3 is 10.1 Å². The van der Waals surface area contributed by atoms with Crippen LogP contribution in [0, 0.1) is 25.2 Å². The third-order valence-corrected chi connectivity index (χ3v) is 2.92. The number of ether oxygens (including phenoxy) is 1. The molecule has 1 heterocycles. The van der Waals surface area contributed by atoms with E-state index in [1.165, 1.54) is 7.11 Å². The second kappa shape index (κ2) is 6.01. The Morgan fingerprint density at radius 2 is 2.05 bits per heavy atom. The molecule has 0 radical (unpaired) electrons. The molecule has 6 heteroatoms. The summed E-state index contributed by atoms with van der Waals surface area (Å²) in [7, 11) is 1.48. The molecule has 1 amide bonds. The summed E-state index contributed by atoms with van der Waals surface area (Å²) in [6.45, 7) is 3.49. The number of nitriles is 1. The topological polar surface area (TPSA) is 87.9 Å². The molecule has 106 valence electrons. The predicted octanol–water partition coefficient (Wildman–Crippen LogP) is 2.23. The Balaban J connectivity index is 2.32. The van der Waals surface area contributed by atoms with Gasteiger partial charge in [0, 0.05) is 6.07 Å². The Kier molecular flexibility index (Phi) is 4.14. The van der Waals surface area contributed by atoms with Gasteiger partial charge in [0.15, 0.2) is 0 Å². The first-order chi connectivity index (χ1) is 10.0. The fourth-order valence-corrected chi connectivity index (χ4v) is 1.83. The van der Waals surface area contributed by atoms with Gasteiger partial charge in [-0.05, 0) is 32.0 Å². The minimum Gasteiger partial charge on any atom is -0.495 e. The summed E-state index contributed by atoms with van der Waals surface area (Å²) < 4.78 is 5.18. The number of aryl methyl sites for hydroxylation is 2. The maximum Gasteiger partial charge on any atom is 0.257 e. The molecule has 1 N–H and O–H groups in total. The number of nitrogens with zero attached hydrogens (tertiary/aromatic N) is 3. The fourth-order valence-electron chi connectivity index (χ4n) is 1.83. The standard InChI is InChI=1S/C15H14N4O2/c1-9-6-12(10(2)19-18-9)15(20)17-13-5-4-11(8-16)7-14(13)21-3/h4-7H,1-3H3,(H,17,20). The maximum atomic E-state index is 12.3. The van der Waals surface area contributed by atoms with Crippen LogP contribution >= 0.6 is 0 Å². The number of carbonyl (C=O) groups is 1. The molecule has 0 fully saturated rings. The van der Waals surface area contributed by atoms with Gasteiger partial charge in [-0.25, -0.2) is 0 Å². The summed E-state index contributed by atoms with van der Waals surface area (Å²) in [5, 5.41) is 19.4. The van der Waals surface area contributed by atoms with Crippen molar-refractivity contribution in [2.45, 2.75) is 13.8 Å². The second-order valence-electron chi connectivity index (χ2n) is 4.47. The molecule has 0 saturated heterocycles. The van der Waals surface area contributed by atoms with E-state index in [1.54, 1.807) is 38.1 Å². The summed E-state index contributed by atoms with van der Waals surface area (Å²) >= 11 is 0. The van der Waals surface area contributed by atoms with E-state index >= 15 is 0 Å². The van der Waals surface area contributed by atoms with Gasteiger partial charge >= 0.3 is 0 Å². The van der Waals surface area contributed by atoms with Crippen LogP contribution in [0.2, 0.25) is 0 Å². The second-order valence-corrected chi connectivity index (χ2v) is 4.47. The monoisotopic (exact) mass is 282 g/mol. The highest BCUT2D eigenvalue weighted by atomic mass is 16.5. The molecule has 21 heavy (non-hydrogen) atoms. The molecule has 2 rings (SSSR count). The van der Waals surface area contributed by atoms with Gasteiger partial charge in [0.2, 0.25) is 0 Å². The lowest BCUT2D eigenvalue weighted by Crippen LogP contribution is -2.15. The quantitative estimate of drug-likeness (QED) is 0.932. The van der Waals surface area contributed by atoms with Crippen LogP contribution in [0.1, 0.15) is 27.3 Å². The largest absolute Gasteiger partial charge is 0.495 e. The summed E-state index contributed by atoms with van der Waals surface area (Å²) in [5.74, 6) is 0.132. The fraction of sp³-hybridized carbons (Fsp3) is 0.200. The molecule has 1 aromatic carbocycles. The first-order valence-electron chi connectivity index (χ1n) is 6.25. The number of nitrogens with one attached hydrogen (secondary N) is 1. The molecule has 0 saturated carbocycles. The zero-order chi connectivity index (χ0) is 15.4. The molecular weight excluding hydrogens is 268 g/mol. The van der Waals surface area contributed by atoms with Crippen molar-refractivity contribution in [1.29, 1.82) is 5.26 Å². The summed E-state index contributed by atoms with van der Waals surface area (Å²) in [6.07, 6.45) is 0. The molecule has 0 spiro atoms. The number of methoxy groups -OCH3 is 1. The first-order valence-corrected chi connectivity index (χ1v) is 6.25. The van der Waals surface area contributed by atoms with Crippen LogP contribution in [0.3, 0.4) is 0 Å². The van der Waals surface area contributed by atoms with Crippen molar-refractivity contribution in [3.8, 4) is 11.8 Å². The summed E-state index contributed by atoms with van der Waals surface area (Å²) in [6, 6.07) is 8.51. The normalized spacial score (nSPS) is 9.81. The van der Waals surface area contributed by atoms with E-state index in [-0.39, 0.29) is 5.91 Å². The summed E-state index contributed by atoms with van der Waals surface area (Å²) in [5.41, 5.74) is 2.62. The van der Waals surface area contributed by atoms with Gasteiger partial charge in [-0.15, -0.1) is 0 Å². The number of hydrogen-bond acceptors (Lipinski definition) is 5. The predicted molar refractivity (Wildman–Crippen MR) is 77.2 cm³/mol. The Labute approximate surface area is 122 Å². The van der Waals surface area contributed by atoms with E-state index in [0.717, 1.165) is 0 Å². The average molecular weight is 282 g/mol. The maximum absolute atomic E-state index is 12.3. The number of benzene rings is 1. The number of hydrogen-bond donors (Lipinski definition) is 1. The van der Waals surface area contributed by atoms with Crippen LogP contribution in [0.5, 0.6) is 5.75 Å². The van der Waals surface area contributed by atoms with Crippen molar-refractivity contribution >= 4 is 11.6 Å². The third kappa shape index (κ3) is 3.15. The first kappa shape index (κ1) is 14.5. The lowest BCUT2D eigenvalue weighted by atomic mass is 10.1. The van der Waals surface area contributed by atoms with Crippen molar-refractivity contribution in [3.63, 3.8) is 0 Å². The SMILES string of the molecule is COc1cc(C#N)ccc1NC(=O)c1cc(C)nnc1C. The smallest absolute Gasteiger partial charge is 0.257 e. The Morgan fingerprint density at radius 3 is 2.71 bits per heavy atom. The van der Waals surface area contributed by atoms with Crippen molar-refractivity contribution in [2.75, 3.05) is 12.4 Å². The highest BCUT2D eigenvalue weighted by Crippen LogP contribution is 2.26. The zero-order valence-electron chi connectivity index (χ0n) is 12.0. The molecule has 6 nitrogen and oxygen atoms in total. The highest BCUT2D eigenvalue weighted by Gasteiger charge is 2.14. The van der Waals surface area contributed by atoms with Crippen molar-refractivity contribution in [3.05, 3.63) is 46.8 Å². The highest BCUT2D eigenvalue weighted by molar-refractivity contribution is 6.05. The van der Waals surface area contributed by atoms with Gasteiger partial charge in [0.25, 0.3) is 5.91 Å². The van der Waals surface area contributed by atoms with Crippen LogP contribution in [-0.4, -0.2) is 23.2 Å². The Bertz CT molecular complexity index is 735. The summed E-state index contributed by atoms with van der Waals surface area (Å²) in [4.78, 5) is 12.3. The molecule has 0 bridgehead atoms. The molecule has 0 unspecified atom stereocenters. The van der Waals surface area contributed by atoms with Crippen molar-refractivity contribution in [1.82, 2.24) is 10.2 Å². The molecule has 0 aliphatic carbocycles. The average Bonchev–Trinajstić information content (AvgIpc) is 2.49. The van der Waals surface area contributed by atoms with Crippen LogP contribution in [-0.2, 0) is 0 Å². The van der Waals surface area contributed by atoms with Crippen LogP contribution in [0.15, 0.2) is 24.3 Å². The number of rotatable bonds is 3.